The largest absolute Gasteiger partial charge is 0.355 e. The van der Waals surface area contributed by atoms with Crippen LogP contribution in [0, 0.1) is 17.8 Å². The van der Waals surface area contributed by atoms with E-state index in [9.17, 15) is 0 Å². The summed E-state index contributed by atoms with van der Waals surface area (Å²) in [6, 6.07) is 0.521. The lowest BCUT2D eigenvalue weighted by Gasteiger charge is -2.16. The summed E-state index contributed by atoms with van der Waals surface area (Å²) in [6.07, 6.45) is 5.33. The first kappa shape index (κ1) is 16.1. The van der Waals surface area contributed by atoms with Crippen molar-refractivity contribution >= 4 is 11.8 Å². The number of rotatable bonds is 3. The van der Waals surface area contributed by atoms with Crippen molar-refractivity contribution in [3.8, 4) is 0 Å². The molecule has 2 heterocycles. The van der Waals surface area contributed by atoms with E-state index in [-0.39, 0.29) is 0 Å². The summed E-state index contributed by atoms with van der Waals surface area (Å²) in [7, 11) is 0. The van der Waals surface area contributed by atoms with E-state index in [2.05, 4.69) is 54.5 Å². The predicted octanol–water partition coefficient (Wildman–Crippen LogP) is 3.38. The Balaban J connectivity index is 1.87. The summed E-state index contributed by atoms with van der Waals surface area (Å²) in [4.78, 5) is 9.48. The van der Waals surface area contributed by atoms with Gasteiger partial charge in [0.1, 0.15) is 0 Å². The zero-order chi connectivity index (χ0) is 16.6. The van der Waals surface area contributed by atoms with Gasteiger partial charge in [-0.05, 0) is 30.6 Å². The van der Waals surface area contributed by atoms with Gasteiger partial charge in [-0.15, -0.1) is 0 Å². The average Bonchev–Trinajstić information content (AvgIpc) is 2.96. The number of aromatic nitrogens is 2. The molecule has 1 fully saturated rings. The van der Waals surface area contributed by atoms with Crippen molar-refractivity contribution in [2.75, 3.05) is 6.54 Å². The highest BCUT2D eigenvalue weighted by Gasteiger charge is 2.31. The highest BCUT2D eigenvalue weighted by molar-refractivity contribution is 5.84. The lowest BCUT2D eigenvalue weighted by Crippen LogP contribution is -2.37. The second kappa shape index (κ2) is 6.38. The first-order chi connectivity index (χ1) is 11.0. The Morgan fingerprint density at radius 2 is 2.04 bits per heavy atom. The Labute approximate surface area is 139 Å². The molecular weight excluding hydrogens is 286 g/mol. The van der Waals surface area contributed by atoms with Crippen molar-refractivity contribution in [3.63, 3.8) is 0 Å². The topological polar surface area (TPSA) is 54.2 Å². The van der Waals surface area contributed by atoms with Crippen LogP contribution < -0.4 is 10.6 Å². The molecule has 126 valence electrons. The minimum atomic E-state index is 0.378. The molecule has 1 aromatic heterocycles. The van der Waals surface area contributed by atoms with Crippen molar-refractivity contribution in [3.05, 3.63) is 24.3 Å². The molecule has 2 N–H and O–H groups in total. The molecule has 3 rings (SSSR count). The smallest absolute Gasteiger partial charge is 0.202 e. The zero-order valence-electron chi connectivity index (χ0n) is 14.8. The molecule has 2 aliphatic rings. The maximum atomic E-state index is 4.85. The highest BCUT2D eigenvalue weighted by atomic mass is 15.2. The number of fused-ring (bicyclic) bond motifs is 1. The van der Waals surface area contributed by atoms with Crippen LogP contribution in [0.3, 0.4) is 0 Å². The summed E-state index contributed by atoms with van der Waals surface area (Å²) >= 11 is 0. The van der Waals surface area contributed by atoms with Crippen molar-refractivity contribution in [2.24, 2.45) is 22.7 Å². The molecule has 1 aromatic rings. The molecule has 2 unspecified atom stereocenters. The van der Waals surface area contributed by atoms with E-state index in [1.807, 2.05) is 6.33 Å². The first-order valence-corrected chi connectivity index (χ1v) is 8.79. The molecule has 5 heteroatoms. The molecule has 23 heavy (non-hydrogen) atoms. The fourth-order valence-corrected chi connectivity index (χ4v) is 3.42. The number of nitrogens with one attached hydrogen (secondary N) is 2. The number of hydrogen-bond acceptors (Lipinski definition) is 4. The van der Waals surface area contributed by atoms with Crippen LogP contribution in [0.5, 0.6) is 0 Å². The Morgan fingerprint density at radius 3 is 2.70 bits per heavy atom. The van der Waals surface area contributed by atoms with Crippen LogP contribution in [0.2, 0.25) is 0 Å². The van der Waals surface area contributed by atoms with Gasteiger partial charge in [0, 0.05) is 24.7 Å². The lowest BCUT2D eigenvalue weighted by atomic mass is 10.0. The second-order valence-electron chi connectivity index (χ2n) is 7.44. The van der Waals surface area contributed by atoms with Crippen molar-refractivity contribution in [2.45, 2.75) is 53.0 Å². The van der Waals surface area contributed by atoms with Crippen LogP contribution in [0.1, 0.15) is 52.3 Å². The van der Waals surface area contributed by atoms with E-state index < -0.39 is 0 Å². The van der Waals surface area contributed by atoms with Gasteiger partial charge in [0.05, 0.1) is 12.0 Å². The van der Waals surface area contributed by atoms with Crippen LogP contribution in [-0.4, -0.2) is 22.1 Å². The van der Waals surface area contributed by atoms with Gasteiger partial charge in [0.25, 0.3) is 0 Å². The number of guanidine groups is 1. The van der Waals surface area contributed by atoms with E-state index in [1.54, 1.807) is 0 Å². The van der Waals surface area contributed by atoms with Gasteiger partial charge in [0.2, 0.25) is 5.96 Å². The van der Waals surface area contributed by atoms with Gasteiger partial charge in [-0.2, -0.15) is 4.99 Å². The van der Waals surface area contributed by atoms with E-state index in [1.165, 1.54) is 12.8 Å². The third-order valence-corrected chi connectivity index (χ3v) is 5.34. The van der Waals surface area contributed by atoms with Gasteiger partial charge >= 0.3 is 0 Å². The monoisotopic (exact) mass is 315 g/mol. The minimum absolute atomic E-state index is 0.378. The Bertz CT molecular complexity index is 603. The molecule has 0 saturated heterocycles. The molecular formula is C18H29N5. The lowest BCUT2D eigenvalue weighted by molar-refractivity contribution is 0.457. The van der Waals surface area contributed by atoms with Gasteiger partial charge in [-0.1, -0.05) is 34.3 Å². The van der Waals surface area contributed by atoms with Crippen LogP contribution in [0.25, 0.3) is 0 Å². The summed E-state index contributed by atoms with van der Waals surface area (Å²) < 4.78 is 2.29. The average molecular weight is 315 g/mol. The molecule has 2 atom stereocenters. The normalized spacial score (nSPS) is 27.2. The molecule has 0 amide bonds. The SMILES string of the molecule is C=C(NC1=Nc2c(ncn2C2CC(C)C(C)C2)CCN1)C(C)C. The molecule has 0 bridgehead atoms. The minimum Gasteiger partial charge on any atom is -0.355 e. The van der Waals surface area contributed by atoms with Crippen LogP contribution in [-0.2, 0) is 6.42 Å². The van der Waals surface area contributed by atoms with Crippen molar-refractivity contribution in [1.29, 1.82) is 0 Å². The quantitative estimate of drug-likeness (QED) is 0.899. The van der Waals surface area contributed by atoms with E-state index in [0.29, 0.717) is 12.0 Å². The Hall–Kier alpha value is -1.78. The number of hydrogen-bond donors (Lipinski definition) is 2. The Morgan fingerprint density at radius 1 is 1.35 bits per heavy atom. The summed E-state index contributed by atoms with van der Waals surface area (Å²) in [5.74, 6) is 3.72. The van der Waals surface area contributed by atoms with Crippen LogP contribution in [0.4, 0.5) is 5.82 Å². The second-order valence-corrected chi connectivity index (χ2v) is 7.44. The number of nitrogens with zero attached hydrogens (tertiary/aromatic N) is 3. The molecule has 1 aliphatic heterocycles. The van der Waals surface area contributed by atoms with Crippen molar-refractivity contribution in [1.82, 2.24) is 20.2 Å². The maximum Gasteiger partial charge on any atom is 0.202 e. The van der Waals surface area contributed by atoms with Crippen LogP contribution >= 0.6 is 0 Å². The molecule has 1 aliphatic carbocycles. The van der Waals surface area contributed by atoms with Gasteiger partial charge in [0.15, 0.2) is 5.82 Å². The molecule has 0 aromatic carbocycles. The van der Waals surface area contributed by atoms with Gasteiger partial charge in [-0.3, -0.25) is 0 Å². The molecule has 1 saturated carbocycles. The zero-order valence-corrected chi connectivity index (χ0v) is 14.8. The number of imidazole rings is 1. The third-order valence-electron chi connectivity index (χ3n) is 5.34. The molecule has 0 spiro atoms. The summed E-state index contributed by atoms with van der Waals surface area (Å²) in [5, 5.41) is 6.69. The highest BCUT2D eigenvalue weighted by Crippen LogP contribution is 2.41. The molecule has 0 radical (unpaired) electrons. The standard InChI is InChI=1S/C18H29N5/c1-11(2)14(5)21-18-19-7-6-16-17(22-18)23(10-20-16)15-8-12(3)13(4)9-15/h10-13,15H,5-9H2,1-4H3,(H2,19,21,22). The number of aliphatic imine (C=N–C) groups is 1. The van der Waals surface area contributed by atoms with Crippen LogP contribution in [0.15, 0.2) is 23.6 Å². The number of allylic oxidation sites excluding steroid dienone is 1. The van der Waals surface area contributed by atoms with Gasteiger partial charge < -0.3 is 15.2 Å². The fourth-order valence-electron chi connectivity index (χ4n) is 3.42. The predicted molar refractivity (Wildman–Crippen MR) is 94.7 cm³/mol. The van der Waals surface area contributed by atoms with E-state index in [4.69, 9.17) is 4.99 Å². The Kier molecular flexibility index (Phi) is 4.46. The third kappa shape index (κ3) is 3.28. The van der Waals surface area contributed by atoms with Gasteiger partial charge in [-0.25, -0.2) is 4.98 Å². The first-order valence-electron chi connectivity index (χ1n) is 8.79. The van der Waals surface area contributed by atoms with Crippen molar-refractivity contribution < 1.29 is 0 Å². The molecule has 5 nitrogen and oxygen atoms in total. The summed E-state index contributed by atoms with van der Waals surface area (Å²) in [6.45, 7) is 13.9. The fraction of sp³-hybridized carbons (Fsp3) is 0.667. The summed E-state index contributed by atoms with van der Waals surface area (Å²) in [5.41, 5.74) is 2.07. The maximum absolute atomic E-state index is 4.85. The van der Waals surface area contributed by atoms with E-state index >= 15 is 0 Å². The van der Waals surface area contributed by atoms with E-state index in [0.717, 1.165) is 48.0 Å².